The average Bonchev–Trinajstić information content (AvgIpc) is 4.15. The number of fused-ring (bicyclic) bond motifs is 6. The highest BCUT2D eigenvalue weighted by atomic mass is 15.0. The number of hydrogen-bond donors (Lipinski definition) is 0. The molecule has 9 aromatic carbocycles. The Morgan fingerprint density at radius 3 is 0.863 bits per heavy atom. The zero-order valence-electron chi connectivity index (χ0n) is 41.7. The highest BCUT2D eigenvalue weighted by Crippen LogP contribution is 2.44. The number of pyridine rings is 1. The van der Waals surface area contributed by atoms with E-state index in [2.05, 4.69) is 64.2 Å². The number of nitrogens with zero attached hydrogens (tertiary/aromatic N) is 12. The maximum Gasteiger partial charge on any atom is 0.101 e. The van der Waals surface area contributed by atoms with Crippen LogP contribution in [0, 0.1) is 102 Å². The molecule has 0 atom stereocenters. The molecule has 12 heteroatoms. The van der Waals surface area contributed by atoms with Crippen LogP contribution in [0.2, 0.25) is 0 Å². The normalized spacial score (nSPS) is 10.6. The molecule has 0 aliphatic rings. The van der Waals surface area contributed by atoms with Crippen molar-refractivity contribution >= 4 is 43.6 Å². The van der Waals surface area contributed by atoms with Crippen LogP contribution in [0.1, 0.15) is 50.1 Å². The van der Waals surface area contributed by atoms with Crippen LogP contribution >= 0.6 is 0 Å². The Hall–Kier alpha value is -12.9. The molecule has 0 saturated heterocycles. The van der Waals surface area contributed by atoms with Gasteiger partial charge in [-0.1, -0.05) is 54.6 Å². The molecular weight excluding hydrogens is 985 g/mol. The van der Waals surface area contributed by atoms with E-state index in [0.29, 0.717) is 111 Å². The van der Waals surface area contributed by atoms with Crippen molar-refractivity contribution in [2.45, 2.75) is 0 Å². The van der Waals surface area contributed by atoms with Crippen LogP contribution in [-0.2, 0) is 0 Å². The zero-order chi connectivity index (χ0) is 55.2. The van der Waals surface area contributed by atoms with Crippen molar-refractivity contribution in [1.29, 1.82) is 47.4 Å². The second kappa shape index (κ2) is 19.4. The Labute approximate surface area is 456 Å². The molecule has 0 fully saturated rings. The summed E-state index contributed by atoms with van der Waals surface area (Å²) in [6, 6.07) is 71.2. The Morgan fingerprint density at radius 2 is 0.588 bits per heavy atom. The smallest absolute Gasteiger partial charge is 0.101 e. The van der Waals surface area contributed by atoms with Crippen LogP contribution in [0.4, 0.5) is 0 Å². The van der Waals surface area contributed by atoms with E-state index in [1.807, 2.05) is 102 Å². The van der Waals surface area contributed by atoms with Gasteiger partial charge in [0.1, 0.15) is 6.07 Å². The minimum Gasteiger partial charge on any atom is -0.309 e. The maximum atomic E-state index is 11.6. The van der Waals surface area contributed by atoms with Crippen molar-refractivity contribution in [3.63, 3.8) is 0 Å². The van der Waals surface area contributed by atoms with Crippen LogP contribution in [-0.4, -0.2) is 14.1 Å². The van der Waals surface area contributed by atoms with Crippen molar-refractivity contribution in [1.82, 2.24) is 14.1 Å². The molecular formula is C68H30N12. The third kappa shape index (κ3) is 8.17. The predicted molar refractivity (Wildman–Crippen MR) is 303 cm³/mol. The first-order chi connectivity index (χ1) is 39.2. The van der Waals surface area contributed by atoms with Gasteiger partial charge in [-0.05, 0) is 160 Å². The molecule has 80 heavy (non-hydrogen) atoms. The fourth-order valence-corrected chi connectivity index (χ4v) is 10.8. The molecule has 0 radical (unpaired) electrons. The van der Waals surface area contributed by atoms with Crippen LogP contribution in [0.25, 0.3) is 111 Å². The molecule has 0 unspecified atom stereocenters. The van der Waals surface area contributed by atoms with E-state index in [1.54, 1.807) is 60.9 Å². The van der Waals surface area contributed by atoms with E-state index < -0.39 is 0 Å². The summed E-state index contributed by atoms with van der Waals surface area (Å²) in [4.78, 5) is 4.58. The zero-order valence-corrected chi connectivity index (χ0v) is 41.7. The van der Waals surface area contributed by atoms with Crippen LogP contribution in [0.3, 0.4) is 0 Å². The molecule has 0 aliphatic heterocycles. The van der Waals surface area contributed by atoms with Gasteiger partial charge in [0, 0.05) is 45.1 Å². The summed E-state index contributed by atoms with van der Waals surface area (Å²) in [5.41, 5.74) is 13.5. The third-order valence-corrected chi connectivity index (χ3v) is 14.3. The predicted octanol–water partition coefficient (Wildman–Crippen LogP) is 14.5. The summed E-state index contributed by atoms with van der Waals surface area (Å²) in [5.74, 6) is 0. The number of hydrogen-bond acceptors (Lipinski definition) is 10. The molecule has 362 valence electrons. The molecule has 12 aromatic rings. The summed E-state index contributed by atoms with van der Waals surface area (Å²) in [5, 5.41) is 95.0. The molecule has 0 bridgehead atoms. The van der Waals surface area contributed by atoms with Gasteiger partial charge in [-0.2, -0.15) is 47.4 Å². The van der Waals surface area contributed by atoms with Gasteiger partial charge in [-0.25, -0.2) is 0 Å². The summed E-state index contributed by atoms with van der Waals surface area (Å²) >= 11 is 0. The molecule has 0 spiro atoms. The lowest BCUT2D eigenvalue weighted by atomic mass is 9.98. The first kappa shape index (κ1) is 48.1. The Morgan fingerprint density at radius 1 is 0.275 bits per heavy atom. The first-order valence-electron chi connectivity index (χ1n) is 24.6. The van der Waals surface area contributed by atoms with Crippen molar-refractivity contribution in [3.05, 3.63) is 232 Å². The van der Waals surface area contributed by atoms with Gasteiger partial charge in [0.15, 0.2) is 0 Å². The fraction of sp³-hybridized carbons (Fsp3) is 0. The van der Waals surface area contributed by atoms with Gasteiger partial charge in [-0.15, -0.1) is 0 Å². The minimum absolute atomic E-state index is 0.266. The second-order valence-electron chi connectivity index (χ2n) is 18.9. The third-order valence-electron chi connectivity index (χ3n) is 14.3. The molecule has 0 aliphatic carbocycles. The lowest BCUT2D eigenvalue weighted by Crippen LogP contribution is -2.04. The monoisotopic (exact) mass is 1010 g/mol. The molecule has 3 aromatic heterocycles. The summed E-state index contributed by atoms with van der Waals surface area (Å²) in [6.07, 6.45) is 3.43. The van der Waals surface area contributed by atoms with E-state index in [4.69, 9.17) is 0 Å². The Balaban J connectivity index is 1.20. The van der Waals surface area contributed by atoms with Crippen LogP contribution in [0.15, 0.2) is 182 Å². The van der Waals surface area contributed by atoms with Crippen molar-refractivity contribution in [3.8, 4) is 122 Å². The minimum atomic E-state index is 0.266. The highest BCUT2D eigenvalue weighted by molar-refractivity contribution is 6.13. The quantitative estimate of drug-likeness (QED) is 0.146. The second-order valence-corrected chi connectivity index (χ2v) is 18.9. The topological polar surface area (TPSA) is 237 Å². The maximum absolute atomic E-state index is 11.6. The van der Waals surface area contributed by atoms with E-state index >= 15 is 0 Å². The largest absolute Gasteiger partial charge is 0.309 e. The molecule has 0 N–H and O–H groups in total. The van der Waals surface area contributed by atoms with Gasteiger partial charge in [-0.3, -0.25) is 4.98 Å². The standard InChI is InChI=1S/C68H30N12/c69-30-40-12-41(31-70)17-53(16-40)48-3-7-58-59-8-4-49(54-18-42(32-71)13-43(19-54)33-72)25-65(59)79(64(58)24-48)63-29-62(52-2-1-11-78-39-52)68(28-57(63)38-77)80-66-26-50(55-20-44(34-73)14-45(21-55)35-74)5-9-60(66)61-10-6-51(27-67(61)80)56-22-46(36-75)15-47(23-56)37-76/h1-29,39H. The first-order valence-corrected chi connectivity index (χ1v) is 24.6. The van der Waals surface area contributed by atoms with Gasteiger partial charge in [0.05, 0.1) is 132 Å². The number of rotatable bonds is 7. The van der Waals surface area contributed by atoms with Crippen LogP contribution < -0.4 is 0 Å². The summed E-state index contributed by atoms with van der Waals surface area (Å²) in [7, 11) is 0. The summed E-state index contributed by atoms with van der Waals surface area (Å²) < 4.78 is 4.10. The van der Waals surface area contributed by atoms with Gasteiger partial charge in [0.25, 0.3) is 0 Å². The number of aromatic nitrogens is 3. The van der Waals surface area contributed by atoms with E-state index in [-0.39, 0.29) is 5.56 Å². The molecule has 12 nitrogen and oxygen atoms in total. The lowest BCUT2D eigenvalue weighted by molar-refractivity contribution is 1.13. The molecule has 0 amide bonds. The van der Waals surface area contributed by atoms with Crippen LogP contribution in [0.5, 0.6) is 0 Å². The Bertz CT molecular complexity index is 4730. The van der Waals surface area contributed by atoms with Crippen molar-refractivity contribution in [2.24, 2.45) is 0 Å². The molecule has 0 saturated carbocycles. The van der Waals surface area contributed by atoms with Gasteiger partial charge in [0.2, 0.25) is 0 Å². The highest BCUT2D eigenvalue weighted by Gasteiger charge is 2.24. The molecule has 12 rings (SSSR count). The molecule has 3 heterocycles. The number of benzene rings is 9. The van der Waals surface area contributed by atoms with E-state index in [0.717, 1.165) is 43.7 Å². The fourth-order valence-electron chi connectivity index (χ4n) is 10.8. The number of nitriles is 9. The van der Waals surface area contributed by atoms with Gasteiger partial charge >= 0.3 is 0 Å². The van der Waals surface area contributed by atoms with Crippen molar-refractivity contribution in [2.75, 3.05) is 0 Å². The van der Waals surface area contributed by atoms with Crippen molar-refractivity contribution < 1.29 is 0 Å². The average molecular weight is 1020 g/mol. The SMILES string of the molecule is N#Cc1cc(C#N)cc(-c2ccc3c4ccc(-c5cc(C#N)cc(C#N)c5)cc4n(-c4cc(-c5cccnc5)c(-n5c6cc(-c7cc(C#N)cc(C#N)c7)ccc6c6ccc(-c7cc(C#N)cc(C#N)c7)cc65)cc4C#N)c3c2)c1. The summed E-state index contributed by atoms with van der Waals surface area (Å²) in [6.45, 7) is 0. The Kier molecular flexibility index (Phi) is 11.7. The lowest BCUT2D eigenvalue weighted by Gasteiger charge is -2.19. The van der Waals surface area contributed by atoms with E-state index in [1.165, 1.54) is 24.3 Å². The van der Waals surface area contributed by atoms with Gasteiger partial charge < -0.3 is 9.13 Å². The van der Waals surface area contributed by atoms with E-state index in [9.17, 15) is 47.4 Å².